The Morgan fingerprint density at radius 3 is 2.38 bits per heavy atom. The van der Waals surface area contributed by atoms with Gasteiger partial charge in [0.05, 0.1) is 23.1 Å². The minimum absolute atomic E-state index is 0.120. The summed E-state index contributed by atoms with van der Waals surface area (Å²) in [6.07, 6.45) is 0. The lowest BCUT2D eigenvalue weighted by atomic mass is 10.1. The number of anilines is 3. The van der Waals surface area contributed by atoms with Crippen molar-refractivity contribution in [2.24, 2.45) is 0 Å². The molecule has 1 atom stereocenters. The average Bonchev–Trinajstić information content (AvgIpc) is 2.44. The Bertz CT molecular complexity index is 676. The van der Waals surface area contributed by atoms with Crippen molar-refractivity contribution in [2.75, 3.05) is 23.4 Å². The number of nitrogen functional groups attached to an aromatic ring is 2. The van der Waals surface area contributed by atoms with Crippen molar-refractivity contribution in [3.05, 3.63) is 51.8 Å². The molecule has 0 aliphatic carbocycles. The van der Waals surface area contributed by atoms with Crippen LogP contribution in [0.25, 0.3) is 0 Å². The molecular formula is C15H16Cl2FN3. The van der Waals surface area contributed by atoms with Gasteiger partial charge in [-0.3, -0.25) is 0 Å². The molecule has 0 saturated heterocycles. The number of nitrogens with zero attached hydrogens (tertiary/aromatic N) is 1. The van der Waals surface area contributed by atoms with E-state index in [0.29, 0.717) is 5.02 Å². The van der Waals surface area contributed by atoms with Crippen LogP contribution < -0.4 is 16.4 Å². The summed E-state index contributed by atoms with van der Waals surface area (Å²) in [4.78, 5) is 1.69. The van der Waals surface area contributed by atoms with E-state index in [1.807, 2.05) is 25.1 Å². The van der Waals surface area contributed by atoms with Gasteiger partial charge in [0, 0.05) is 12.1 Å². The Labute approximate surface area is 133 Å². The Balaban J connectivity index is 2.48. The second kappa shape index (κ2) is 6.00. The standard InChI is InChI=1S/C15H16Cl2FN3/c1-8(9-5-3-4-6-10(9)16)21(2)15-12(20)7-11(19)13(17)14(15)18/h3-8H,19-20H2,1-2H3. The summed E-state index contributed by atoms with van der Waals surface area (Å²) >= 11 is 12.1. The molecule has 0 saturated carbocycles. The normalized spacial score (nSPS) is 12.2. The highest BCUT2D eigenvalue weighted by Gasteiger charge is 2.22. The number of rotatable bonds is 3. The molecule has 112 valence electrons. The van der Waals surface area contributed by atoms with Gasteiger partial charge in [0.2, 0.25) is 0 Å². The van der Waals surface area contributed by atoms with Crippen LogP contribution in [0, 0.1) is 5.82 Å². The van der Waals surface area contributed by atoms with E-state index in [1.165, 1.54) is 6.07 Å². The summed E-state index contributed by atoms with van der Waals surface area (Å²) in [7, 11) is 1.73. The molecule has 0 aliphatic heterocycles. The lowest BCUT2D eigenvalue weighted by molar-refractivity contribution is 0.613. The molecule has 3 nitrogen and oxygen atoms in total. The van der Waals surface area contributed by atoms with Crippen molar-refractivity contribution in [2.45, 2.75) is 13.0 Å². The number of benzene rings is 2. The smallest absolute Gasteiger partial charge is 0.169 e. The van der Waals surface area contributed by atoms with Gasteiger partial charge in [0.1, 0.15) is 5.02 Å². The monoisotopic (exact) mass is 327 g/mol. The van der Waals surface area contributed by atoms with E-state index < -0.39 is 5.82 Å². The topological polar surface area (TPSA) is 55.3 Å². The molecule has 2 aromatic rings. The van der Waals surface area contributed by atoms with Gasteiger partial charge in [0.15, 0.2) is 5.82 Å². The largest absolute Gasteiger partial charge is 0.397 e. The average molecular weight is 328 g/mol. The van der Waals surface area contributed by atoms with Crippen LogP contribution in [-0.4, -0.2) is 7.05 Å². The van der Waals surface area contributed by atoms with Gasteiger partial charge in [-0.05, 0) is 24.6 Å². The van der Waals surface area contributed by atoms with Crippen LogP contribution in [0.5, 0.6) is 0 Å². The fourth-order valence-electron chi connectivity index (χ4n) is 2.23. The van der Waals surface area contributed by atoms with Crippen LogP contribution in [0.1, 0.15) is 18.5 Å². The van der Waals surface area contributed by atoms with Crippen LogP contribution in [-0.2, 0) is 0 Å². The van der Waals surface area contributed by atoms with E-state index in [4.69, 9.17) is 34.7 Å². The predicted molar refractivity (Wildman–Crippen MR) is 88.5 cm³/mol. The molecule has 0 spiro atoms. The summed E-state index contributed by atoms with van der Waals surface area (Å²) in [6.45, 7) is 1.91. The Morgan fingerprint density at radius 2 is 1.76 bits per heavy atom. The first-order chi connectivity index (χ1) is 9.84. The van der Waals surface area contributed by atoms with E-state index in [1.54, 1.807) is 18.0 Å². The van der Waals surface area contributed by atoms with Crippen molar-refractivity contribution >= 4 is 40.3 Å². The number of hydrogen-bond donors (Lipinski definition) is 2. The minimum Gasteiger partial charge on any atom is -0.397 e. The zero-order valence-corrected chi connectivity index (χ0v) is 13.2. The molecule has 2 rings (SSSR count). The molecule has 4 N–H and O–H groups in total. The summed E-state index contributed by atoms with van der Waals surface area (Å²) < 4.78 is 14.4. The first-order valence-corrected chi connectivity index (χ1v) is 7.10. The van der Waals surface area contributed by atoms with Gasteiger partial charge in [-0.1, -0.05) is 41.4 Å². The SMILES string of the molecule is CC(c1ccccc1Cl)N(C)c1c(N)cc(N)c(Cl)c1F. The van der Waals surface area contributed by atoms with Gasteiger partial charge in [-0.25, -0.2) is 4.39 Å². The first-order valence-electron chi connectivity index (χ1n) is 6.34. The van der Waals surface area contributed by atoms with Crippen LogP contribution in [0.4, 0.5) is 21.5 Å². The van der Waals surface area contributed by atoms with Gasteiger partial charge in [-0.2, -0.15) is 0 Å². The maximum Gasteiger partial charge on any atom is 0.169 e. The van der Waals surface area contributed by atoms with Gasteiger partial charge >= 0.3 is 0 Å². The maximum atomic E-state index is 14.4. The van der Waals surface area contributed by atoms with E-state index in [0.717, 1.165) is 5.56 Å². The Hall–Kier alpha value is -1.65. The van der Waals surface area contributed by atoms with E-state index >= 15 is 0 Å². The minimum atomic E-state index is -0.629. The highest BCUT2D eigenvalue weighted by Crippen LogP contribution is 2.39. The zero-order valence-electron chi connectivity index (χ0n) is 11.7. The van der Waals surface area contributed by atoms with Gasteiger partial charge < -0.3 is 16.4 Å². The second-order valence-electron chi connectivity index (χ2n) is 4.84. The van der Waals surface area contributed by atoms with Crippen LogP contribution in [0.3, 0.4) is 0 Å². The molecule has 1 unspecified atom stereocenters. The molecule has 0 fully saturated rings. The predicted octanol–water partition coefficient (Wildman–Crippen LogP) is 4.49. The first kappa shape index (κ1) is 15.7. The zero-order chi connectivity index (χ0) is 15.7. The van der Waals surface area contributed by atoms with Crippen molar-refractivity contribution < 1.29 is 4.39 Å². The Morgan fingerprint density at radius 1 is 1.14 bits per heavy atom. The van der Waals surface area contributed by atoms with Gasteiger partial charge in [-0.15, -0.1) is 0 Å². The summed E-state index contributed by atoms with van der Waals surface area (Å²) in [5.41, 5.74) is 12.9. The number of halogens is 3. The molecule has 0 radical (unpaired) electrons. The van der Waals surface area contributed by atoms with Crippen LogP contribution in [0.15, 0.2) is 30.3 Å². The fourth-order valence-corrected chi connectivity index (χ4v) is 2.67. The molecule has 0 amide bonds. The lowest BCUT2D eigenvalue weighted by Gasteiger charge is -2.30. The van der Waals surface area contributed by atoms with Crippen LogP contribution >= 0.6 is 23.2 Å². The molecule has 0 bridgehead atoms. The summed E-state index contributed by atoms with van der Waals surface area (Å²) in [5, 5.41) is 0.481. The second-order valence-corrected chi connectivity index (χ2v) is 5.63. The third kappa shape index (κ3) is 2.87. The molecule has 0 aliphatic rings. The van der Waals surface area contributed by atoms with Crippen molar-refractivity contribution in [1.29, 1.82) is 0 Å². The Kier molecular flexibility index (Phi) is 4.49. The molecule has 0 aromatic heterocycles. The van der Waals surface area contributed by atoms with Crippen molar-refractivity contribution in [3.63, 3.8) is 0 Å². The lowest BCUT2D eigenvalue weighted by Crippen LogP contribution is -2.24. The van der Waals surface area contributed by atoms with Crippen LogP contribution in [0.2, 0.25) is 10.0 Å². The highest BCUT2D eigenvalue weighted by atomic mass is 35.5. The number of hydrogen-bond acceptors (Lipinski definition) is 3. The molecule has 21 heavy (non-hydrogen) atoms. The fraction of sp³-hybridized carbons (Fsp3) is 0.200. The van der Waals surface area contributed by atoms with Crippen molar-refractivity contribution in [3.8, 4) is 0 Å². The molecule has 2 aromatic carbocycles. The van der Waals surface area contributed by atoms with E-state index in [9.17, 15) is 4.39 Å². The van der Waals surface area contributed by atoms with Gasteiger partial charge in [0.25, 0.3) is 0 Å². The quantitative estimate of drug-likeness (QED) is 0.816. The summed E-state index contributed by atoms with van der Waals surface area (Å²) in [6, 6.07) is 8.66. The third-order valence-electron chi connectivity index (χ3n) is 3.53. The summed E-state index contributed by atoms with van der Waals surface area (Å²) in [5.74, 6) is -0.629. The third-order valence-corrected chi connectivity index (χ3v) is 4.26. The van der Waals surface area contributed by atoms with E-state index in [2.05, 4.69) is 0 Å². The highest BCUT2D eigenvalue weighted by molar-refractivity contribution is 6.33. The maximum absolute atomic E-state index is 14.4. The molecular weight excluding hydrogens is 312 g/mol. The molecule has 6 heteroatoms. The van der Waals surface area contributed by atoms with E-state index in [-0.39, 0.29) is 28.1 Å². The molecule has 0 heterocycles. The van der Waals surface area contributed by atoms with Crippen molar-refractivity contribution in [1.82, 2.24) is 0 Å². The number of nitrogens with two attached hydrogens (primary N) is 2.